The maximum Gasteiger partial charge on any atom is 0.336 e. The van der Waals surface area contributed by atoms with Crippen LogP contribution in [0.3, 0.4) is 0 Å². The van der Waals surface area contributed by atoms with E-state index in [1.54, 1.807) is 0 Å². The Bertz CT molecular complexity index is 211. The van der Waals surface area contributed by atoms with Gasteiger partial charge in [0.1, 0.15) is 0 Å². The number of methoxy groups -OCH3 is 1. The van der Waals surface area contributed by atoms with Crippen LogP contribution in [0.1, 0.15) is 0 Å². The molecule has 0 amide bonds. The van der Waals surface area contributed by atoms with Gasteiger partial charge in [0.05, 0.1) is 33.5 Å². The lowest BCUT2D eigenvalue weighted by atomic mass is 10.3. The lowest BCUT2D eigenvalue weighted by molar-refractivity contribution is -0.160. The zero-order valence-corrected chi connectivity index (χ0v) is 9.55. The molecule has 1 aliphatic rings. The minimum absolute atomic E-state index is 0.0356. The van der Waals surface area contributed by atoms with Gasteiger partial charge in [-0.25, -0.2) is 4.79 Å². The van der Waals surface area contributed by atoms with Crippen LogP contribution in [-0.2, 0) is 19.0 Å². The molecule has 6 nitrogen and oxygen atoms in total. The molecule has 1 fully saturated rings. The normalized spacial score (nSPS) is 22.0. The van der Waals surface area contributed by atoms with E-state index in [0.29, 0.717) is 26.4 Å². The molecule has 16 heavy (non-hydrogen) atoms. The lowest BCUT2D eigenvalue weighted by Crippen LogP contribution is -2.47. The second-order valence-corrected chi connectivity index (χ2v) is 3.52. The highest BCUT2D eigenvalue weighted by Crippen LogP contribution is 2.06. The molecule has 0 aromatic heterocycles. The predicted octanol–water partition coefficient (Wildman–Crippen LogP) is -1.13. The molecule has 1 heterocycles. The van der Waals surface area contributed by atoms with Crippen LogP contribution in [0.4, 0.5) is 0 Å². The first-order chi connectivity index (χ1) is 7.77. The average Bonchev–Trinajstić information content (AvgIpc) is 2.34. The van der Waals surface area contributed by atoms with Crippen molar-refractivity contribution in [2.75, 3.05) is 53.2 Å². The molecule has 0 radical (unpaired) electrons. The second kappa shape index (κ2) is 7.56. The number of morpholine rings is 1. The molecule has 1 unspecified atom stereocenters. The fourth-order valence-corrected chi connectivity index (χ4v) is 1.54. The van der Waals surface area contributed by atoms with E-state index in [9.17, 15) is 4.79 Å². The Hall–Kier alpha value is -0.690. The van der Waals surface area contributed by atoms with Gasteiger partial charge in [-0.05, 0) is 0 Å². The first-order valence-corrected chi connectivity index (χ1v) is 5.38. The van der Waals surface area contributed by atoms with Crippen molar-refractivity contribution in [2.24, 2.45) is 0 Å². The molecule has 94 valence electrons. The van der Waals surface area contributed by atoms with Gasteiger partial charge in [-0.15, -0.1) is 0 Å². The molecule has 1 rings (SSSR count). The summed E-state index contributed by atoms with van der Waals surface area (Å²) >= 11 is 0. The number of aliphatic hydroxyl groups excluding tert-OH is 1. The van der Waals surface area contributed by atoms with Crippen LogP contribution in [0.25, 0.3) is 0 Å². The van der Waals surface area contributed by atoms with Crippen molar-refractivity contribution in [2.45, 2.75) is 6.10 Å². The summed E-state index contributed by atoms with van der Waals surface area (Å²) in [6, 6.07) is 0. The van der Waals surface area contributed by atoms with E-state index in [4.69, 9.17) is 14.6 Å². The van der Waals surface area contributed by atoms with Gasteiger partial charge in [0.25, 0.3) is 0 Å². The second-order valence-electron chi connectivity index (χ2n) is 3.52. The molecule has 6 heteroatoms. The molecule has 1 saturated heterocycles. The van der Waals surface area contributed by atoms with Crippen molar-refractivity contribution >= 4 is 5.97 Å². The smallest absolute Gasteiger partial charge is 0.336 e. The SMILES string of the molecule is COC(=O)C1CN(CCOCCO)CCO1. The number of rotatable bonds is 6. The van der Waals surface area contributed by atoms with Gasteiger partial charge in [0.2, 0.25) is 0 Å². The van der Waals surface area contributed by atoms with Crippen molar-refractivity contribution in [3.05, 3.63) is 0 Å². The first-order valence-electron chi connectivity index (χ1n) is 5.38. The summed E-state index contributed by atoms with van der Waals surface area (Å²) in [5.41, 5.74) is 0. The zero-order valence-electron chi connectivity index (χ0n) is 9.55. The highest BCUT2D eigenvalue weighted by Gasteiger charge is 2.26. The Balaban J connectivity index is 2.20. The Morgan fingerprint density at radius 2 is 2.38 bits per heavy atom. The van der Waals surface area contributed by atoms with Gasteiger partial charge in [-0.3, -0.25) is 4.90 Å². The Labute approximate surface area is 95.1 Å². The zero-order chi connectivity index (χ0) is 11.8. The average molecular weight is 233 g/mol. The van der Waals surface area contributed by atoms with E-state index < -0.39 is 6.10 Å². The number of aliphatic hydroxyl groups is 1. The van der Waals surface area contributed by atoms with Crippen molar-refractivity contribution < 1.29 is 24.1 Å². The van der Waals surface area contributed by atoms with Crippen LogP contribution in [0.5, 0.6) is 0 Å². The molecule has 1 N–H and O–H groups in total. The van der Waals surface area contributed by atoms with Gasteiger partial charge < -0.3 is 19.3 Å². The molecule has 0 aromatic rings. The van der Waals surface area contributed by atoms with Gasteiger partial charge in [-0.2, -0.15) is 0 Å². The van der Waals surface area contributed by atoms with E-state index in [0.717, 1.165) is 13.1 Å². The molecule has 0 aliphatic carbocycles. The maximum absolute atomic E-state index is 11.3. The molecule has 0 bridgehead atoms. The van der Waals surface area contributed by atoms with Gasteiger partial charge in [0.15, 0.2) is 6.10 Å². The summed E-state index contributed by atoms with van der Waals surface area (Å²) in [5.74, 6) is -0.332. The topological polar surface area (TPSA) is 68.2 Å². The maximum atomic E-state index is 11.3. The van der Waals surface area contributed by atoms with E-state index in [2.05, 4.69) is 9.64 Å². The minimum atomic E-state index is -0.489. The number of hydrogen-bond acceptors (Lipinski definition) is 6. The number of esters is 1. The summed E-state index contributed by atoms with van der Waals surface area (Å²) in [4.78, 5) is 13.3. The molecule has 1 atom stereocenters. The molecular formula is C10H19NO5. The van der Waals surface area contributed by atoms with Gasteiger partial charge >= 0.3 is 5.97 Å². The third-order valence-electron chi connectivity index (χ3n) is 2.40. The molecule has 0 aromatic carbocycles. The summed E-state index contributed by atoms with van der Waals surface area (Å²) in [5, 5.41) is 8.53. The summed E-state index contributed by atoms with van der Waals surface area (Å²) in [6.07, 6.45) is -0.489. The van der Waals surface area contributed by atoms with E-state index in [-0.39, 0.29) is 12.6 Å². The number of ether oxygens (including phenoxy) is 3. The highest BCUT2D eigenvalue weighted by atomic mass is 16.6. The van der Waals surface area contributed by atoms with Gasteiger partial charge in [0, 0.05) is 19.6 Å². The van der Waals surface area contributed by atoms with Crippen molar-refractivity contribution in [3.63, 3.8) is 0 Å². The first kappa shape index (κ1) is 13.4. The largest absolute Gasteiger partial charge is 0.467 e. The Morgan fingerprint density at radius 3 is 3.06 bits per heavy atom. The Morgan fingerprint density at radius 1 is 1.56 bits per heavy atom. The Kier molecular flexibility index (Phi) is 6.32. The van der Waals surface area contributed by atoms with Crippen LogP contribution < -0.4 is 0 Å². The van der Waals surface area contributed by atoms with E-state index in [1.165, 1.54) is 7.11 Å². The molecule has 1 aliphatic heterocycles. The number of carbonyl (C=O) groups is 1. The van der Waals surface area contributed by atoms with E-state index in [1.807, 2.05) is 0 Å². The van der Waals surface area contributed by atoms with Crippen molar-refractivity contribution in [1.29, 1.82) is 0 Å². The fourth-order valence-electron chi connectivity index (χ4n) is 1.54. The summed E-state index contributed by atoms with van der Waals surface area (Å²) < 4.78 is 15.1. The van der Waals surface area contributed by atoms with Crippen LogP contribution >= 0.6 is 0 Å². The number of nitrogens with zero attached hydrogens (tertiary/aromatic N) is 1. The third kappa shape index (κ3) is 4.44. The monoisotopic (exact) mass is 233 g/mol. The van der Waals surface area contributed by atoms with Crippen LogP contribution in [-0.4, -0.2) is 75.3 Å². The van der Waals surface area contributed by atoms with Crippen LogP contribution in [0.15, 0.2) is 0 Å². The van der Waals surface area contributed by atoms with Crippen molar-refractivity contribution in [1.82, 2.24) is 4.90 Å². The summed E-state index contributed by atoms with van der Waals surface area (Å²) in [6.45, 7) is 3.52. The van der Waals surface area contributed by atoms with Crippen molar-refractivity contribution in [3.8, 4) is 0 Å². The summed E-state index contributed by atoms with van der Waals surface area (Å²) in [7, 11) is 1.36. The highest BCUT2D eigenvalue weighted by molar-refractivity contribution is 5.74. The van der Waals surface area contributed by atoms with Crippen LogP contribution in [0, 0.1) is 0 Å². The predicted molar refractivity (Wildman–Crippen MR) is 56.1 cm³/mol. The standard InChI is InChI=1S/C10H19NO5/c1-14-10(13)9-8-11(3-6-16-9)2-5-15-7-4-12/h9,12H,2-8H2,1H3. The lowest BCUT2D eigenvalue weighted by Gasteiger charge is -2.31. The minimum Gasteiger partial charge on any atom is -0.467 e. The fraction of sp³-hybridized carbons (Fsp3) is 0.900. The number of carbonyl (C=O) groups excluding carboxylic acids is 1. The quantitative estimate of drug-likeness (QED) is 0.462. The van der Waals surface area contributed by atoms with Crippen LogP contribution in [0.2, 0.25) is 0 Å². The van der Waals surface area contributed by atoms with Gasteiger partial charge in [-0.1, -0.05) is 0 Å². The number of hydrogen-bond donors (Lipinski definition) is 1. The van der Waals surface area contributed by atoms with E-state index >= 15 is 0 Å². The molecular weight excluding hydrogens is 214 g/mol. The molecule has 0 spiro atoms. The third-order valence-corrected chi connectivity index (χ3v) is 2.40. The molecule has 0 saturated carbocycles.